The highest BCUT2D eigenvalue weighted by Gasteiger charge is 2.20. The lowest BCUT2D eigenvalue weighted by Gasteiger charge is -2.17. The van der Waals surface area contributed by atoms with Gasteiger partial charge in [0, 0.05) is 37.0 Å². The number of dihydropyridines is 1. The lowest BCUT2D eigenvalue weighted by atomic mass is 9.95. The van der Waals surface area contributed by atoms with Crippen molar-refractivity contribution in [3.05, 3.63) is 58.2 Å². The van der Waals surface area contributed by atoms with Crippen molar-refractivity contribution in [2.24, 2.45) is 9.98 Å². The lowest BCUT2D eigenvalue weighted by molar-refractivity contribution is -0.105. The molecule has 0 radical (unpaired) electrons. The zero-order valence-corrected chi connectivity index (χ0v) is 16.7. The summed E-state index contributed by atoms with van der Waals surface area (Å²) in [6, 6.07) is -0.00362. The highest BCUT2D eigenvalue weighted by molar-refractivity contribution is 5.84. The second kappa shape index (κ2) is 10.6. The molecule has 2 rings (SSSR count). The molecule has 0 fully saturated rings. The predicted molar refractivity (Wildman–Crippen MR) is 112 cm³/mol. The Morgan fingerprint density at radius 1 is 1.44 bits per heavy atom. The van der Waals surface area contributed by atoms with Crippen LogP contribution in [-0.2, 0) is 9.53 Å². The number of nitrogens with zero attached hydrogens (tertiary/aromatic N) is 2. The van der Waals surface area contributed by atoms with Gasteiger partial charge in [0.1, 0.15) is 17.8 Å². The van der Waals surface area contributed by atoms with Crippen molar-refractivity contribution >= 4 is 18.7 Å². The number of rotatable bonds is 8. The third kappa shape index (κ3) is 5.73. The van der Waals surface area contributed by atoms with Gasteiger partial charge in [-0.2, -0.15) is 0 Å². The average molecular weight is 367 g/mol. The first-order valence-corrected chi connectivity index (χ1v) is 9.42. The number of carbonyl (C=O) groups excluding carboxylic acids is 1. The topological polar surface area (TPSA) is 63.1 Å². The molecular formula is C22H29N3O2. The minimum Gasteiger partial charge on any atom is -0.458 e. The Bertz CT molecular complexity index is 764. The Kier molecular flexibility index (Phi) is 8.14. The number of aldehydes is 1. The van der Waals surface area contributed by atoms with Crippen molar-refractivity contribution in [2.45, 2.75) is 46.1 Å². The SMILES string of the molecule is CC=NC(=CC(OC1=CCC2N=CCC(C=O)=C2C=C1)=C(C)CC)CNC. The van der Waals surface area contributed by atoms with E-state index in [1.165, 1.54) is 0 Å². The minimum absolute atomic E-state index is 0.00362. The molecule has 144 valence electrons. The molecule has 2 aliphatic rings. The molecule has 1 aliphatic heterocycles. The molecule has 1 unspecified atom stereocenters. The number of fused-ring (bicyclic) bond motifs is 1. The lowest BCUT2D eigenvalue weighted by Crippen LogP contribution is -2.13. The van der Waals surface area contributed by atoms with Gasteiger partial charge in [-0.1, -0.05) is 13.0 Å². The summed E-state index contributed by atoms with van der Waals surface area (Å²) in [5, 5.41) is 3.13. The van der Waals surface area contributed by atoms with Gasteiger partial charge in [0.2, 0.25) is 0 Å². The van der Waals surface area contributed by atoms with E-state index >= 15 is 0 Å². The molecule has 0 saturated heterocycles. The maximum atomic E-state index is 11.3. The van der Waals surface area contributed by atoms with E-state index in [2.05, 4.69) is 29.1 Å². The number of hydrogen-bond acceptors (Lipinski definition) is 5. The molecule has 0 aromatic carbocycles. The van der Waals surface area contributed by atoms with E-state index in [0.29, 0.717) is 19.4 Å². The van der Waals surface area contributed by atoms with E-state index in [0.717, 1.165) is 46.6 Å². The van der Waals surface area contributed by atoms with Gasteiger partial charge < -0.3 is 10.1 Å². The molecule has 1 heterocycles. The molecular weight excluding hydrogens is 338 g/mol. The highest BCUT2D eigenvalue weighted by atomic mass is 16.5. The van der Waals surface area contributed by atoms with Crippen molar-refractivity contribution < 1.29 is 9.53 Å². The second-order valence-corrected chi connectivity index (χ2v) is 6.48. The van der Waals surface area contributed by atoms with Gasteiger partial charge in [-0.15, -0.1) is 0 Å². The van der Waals surface area contributed by atoms with Crippen LogP contribution in [0.5, 0.6) is 0 Å². The molecule has 27 heavy (non-hydrogen) atoms. The molecule has 0 aromatic heterocycles. The molecule has 1 atom stereocenters. The Balaban J connectivity index is 2.31. The van der Waals surface area contributed by atoms with Crippen LogP contribution in [0.25, 0.3) is 0 Å². The zero-order valence-electron chi connectivity index (χ0n) is 16.7. The maximum Gasteiger partial charge on any atom is 0.146 e. The van der Waals surface area contributed by atoms with Crippen LogP contribution in [-0.4, -0.2) is 38.3 Å². The van der Waals surface area contributed by atoms with Crippen LogP contribution < -0.4 is 5.32 Å². The smallest absolute Gasteiger partial charge is 0.146 e. The summed E-state index contributed by atoms with van der Waals surface area (Å²) in [7, 11) is 1.90. The summed E-state index contributed by atoms with van der Waals surface area (Å²) in [4.78, 5) is 20.3. The van der Waals surface area contributed by atoms with E-state index in [-0.39, 0.29) is 6.04 Å². The highest BCUT2D eigenvalue weighted by Crippen LogP contribution is 2.27. The summed E-state index contributed by atoms with van der Waals surface area (Å²) >= 11 is 0. The Morgan fingerprint density at radius 3 is 2.93 bits per heavy atom. The number of hydrogen-bond donors (Lipinski definition) is 1. The fourth-order valence-electron chi connectivity index (χ4n) is 2.93. The summed E-state index contributed by atoms with van der Waals surface area (Å²) < 4.78 is 6.24. The van der Waals surface area contributed by atoms with Crippen molar-refractivity contribution in [3.8, 4) is 0 Å². The van der Waals surface area contributed by atoms with Gasteiger partial charge in [-0.25, -0.2) is 0 Å². The summed E-state index contributed by atoms with van der Waals surface area (Å²) in [6.07, 6.45) is 14.7. The normalized spacial score (nSPS) is 21.0. The van der Waals surface area contributed by atoms with Crippen LogP contribution in [0.1, 0.15) is 40.0 Å². The standard InChI is InChI=1S/C22H29N3O2/c1-5-16(3)22(13-18(14-23-4)24-6-2)27-19-7-9-20-17(15-26)11-12-25-21(20)10-8-19/h6-9,12-13,15,21,23H,5,10-11,14H2,1-4H3. The average Bonchev–Trinajstić information content (AvgIpc) is 2.89. The number of likely N-dealkylation sites (N-methyl/N-ethyl adjacent to an activating group) is 1. The number of allylic oxidation sites excluding steroid dienone is 4. The van der Waals surface area contributed by atoms with Gasteiger partial charge in [0.15, 0.2) is 0 Å². The van der Waals surface area contributed by atoms with Gasteiger partial charge in [-0.05, 0) is 57.0 Å². The number of carbonyl (C=O) groups is 1. The van der Waals surface area contributed by atoms with Gasteiger partial charge >= 0.3 is 0 Å². The third-order valence-electron chi connectivity index (χ3n) is 4.57. The molecule has 1 N–H and O–H groups in total. The van der Waals surface area contributed by atoms with E-state index in [1.807, 2.05) is 44.5 Å². The molecule has 0 spiro atoms. The van der Waals surface area contributed by atoms with E-state index in [4.69, 9.17) is 4.74 Å². The first-order valence-electron chi connectivity index (χ1n) is 9.42. The van der Waals surface area contributed by atoms with Gasteiger partial charge in [-0.3, -0.25) is 14.8 Å². The van der Waals surface area contributed by atoms with Crippen molar-refractivity contribution in [3.63, 3.8) is 0 Å². The van der Waals surface area contributed by atoms with Gasteiger partial charge in [0.05, 0.1) is 11.7 Å². The molecule has 0 saturated carbocycles. The zero-order chi connectivity index (χ0) is 19.6. The second-order valence-electron chi connectivity index (χ2n) is 6.48. The molecule has 5 heteroatoms. The summed E-state index contributed by atoms with van der Waals surface area (Å²) in [6.45, 7) is 6.73. The third-order valence-corrected chi connectivity index (χ3v) is 4.57. The van der Waals surface area contributed by atoms with E-state index in [9.17, 15) is 4.79 Å². The molecule has 0 bridgehead atoms. The van der Waals surface area contributed by atoms with Crippen molar-refractivity contribution in [1.29, 1.82) is 0 Å². The molecule has 5 nitrogen and oxygen atoms in total. The van der Waals surface area contributed by atoms with Crippen LogP contribution in [0.3, 0.4) is 0 Å². The van der Waals surface area contributed by atoms with Crippen LogP contribution in [0.15, 0.2) is 68.2 Å². The molecule has 0 aromatic rings. The summed E-state index contributed by atoms with van der Waals surface area (Å²) in [5.74, 6) is 1.57. The molecule has 1 aliphatic carbocycles. The largest absolute Gasteiger partial charge is 0.458 e. The van der Waals surface area contributed by atoms with Crippen LogP contribution in [0.4, 0.5) is 0 Å². The predicted octanol–water partition coefficient (Wildman–Crippen LogP) is 4.06. The number of nitrogens with one attached hydrogen (secondary N) is 1. The van der Waals surface area contributed by atoms with E-state index in [1.54, 1.807) is 6.21 Å². The quantitative estimate of drug-likeness (QED) is 0.304. The fraction of sp³-hybridized carbons (Fsp3) is 0.409. The fourth-order valence-corrected chi connectivity index (χ4v) is 2.93. The Hall–Kier alpha value is -2.53. The first-order chi connectivity index (χ1) is 13.1. The van der Waals surface area contributed by atoms with Crippen LogP contribution in [0, 0.1) is 0 Å². The van der Waals surface area contributed by atoms with Crippen LogP contribution >= 0.6 is 0 Å². The molecule has 0 amide bonds. The van der Waals surface area contributed by atoms with E-state index < -0.39 is 0 Å². The summed E-state index contributed by atoms with van der Waals surface area (Å²) in [5.41, 5.74) is 3.85. The maximum absolute atomic E-state index is 11.3. The first kappa shape index (κ1) is 20.8. The number of aliphatic imine (C=N–C) groups is 2. The Labute approximate surface area is 162 Å². The number of ether oxygens (including phenoxy) is 1. The monoisotopic (exact) mass is 367 g/mol. The van der Waals surface area contributed by atoms with Crippen molar-refractivity contribution in [1.82, 2.24) is 5.32 Å². The van der Waals surface area contributed by atoms with Gasteiger partial charge in [0.25, 0.3) is 0 Å². The Morgan fingerprint density at radius 2 is 2.26 bits per heavy atom. The van der Waals surface area contributed by atoms with Crippen LogP contribution in [0.2, 0.25) is 0 Å². The minimum atomic E-state index is -0.00362. The van der Waals surface area contributed by atoms with Crippen molar-refractivity contribution in [2.75, 3.05) is 13.6 Å².